The molecule has 0 aromatic carbocycles. The van der Waals surface area contributed by atoms with Crippen molar-refractivity contribution in [2.24, 2.45) is 11.3 Å². The molecule has 1 fully saturated rings. The van der Waals surface area contributed by atoms with E-state index >= 15 is 0 Å². The van der Waals surface area contributed by atoms with Crippen LogP contribution < -0.4 is 5.32 Å². The SMILES string of the molecule is CCOC(=O)C(C)NC1CCC(C(C)(C)C)CC1. The van der Waals surface area contributed by atoms with Gasteiger partial charge in [-0.1, -0.05) is 20.8 Å². The maximum Gasteiger partial charge on any atom is 0.322 e. The van der Waals surface area contributed by atoms with E-state index in [1.54, 1.807) is 0 Å². The number of hydrogen-bond acceptors (Lipinski definition) is 3. The molecule has 0 bridgehead atoms. The van der Waals surface area contributed by atoms with E-state index < -0.39 is 0 Å². The predicted molar refractivity (Wildman–Crippen MR) is 74.4 cm³/mol. The first kappa shape index (κ1) is 15.5. The van der Waals surface area contributed by atoms with Crippen LogP contribution in [0.2, 0.25) is 0 Å². The van der Waals surface area contributed by atoms with Gasteiger partial charge >= 0.3 is 5.97 Å². The molecule has 1 atom stereocenters. The average molecular weight is 255 g/mol. The van der Waals surface area contributed by atoms with Crippen LogP contribution in [0, 0.1) is 11.3 Å². The molecule has 1 saturated carbocycles. The second-order valence-corrected chi connectivity index (χ2v) is 6.55. The molecule has 0 saturated heterocycles. The van der Waals surface area contributed by atoms with E-state index in [2.05, 4.69) is 26.1 Å². The summed E-state index contributed by atoms with van der Waals surface area (Å²) in [6.07, 6.45) is 4.87. The maximum absolute atomic E-state index is 11.6. The van der Waals surface area contributed by atoms with E-state index in [9.17, 15) is 4.79 Å². The van der Waals surface area contributed by atoms with Crippen LogP contribution in [0.1, 0.15) is 60.3 Å². The normalized spacial score (nSPS) is 26.7. The number of esters is 1. The van der Waals surface area contributed by atoms with Crippen LogP contribution >= 0.6 is 0 Å². The quantitative estimate of drug-likeness (QED) is 0.784. The summed E-state index contributed by atoms with van der Waals surface area (Å²) >= 11 is 0. The van der Waals surface area contributed by atoms with Crippen LogP contribution in [-0.2, 0) is 9.53 Å². The molecule has 1 aliphatic rings. The number of rotatable bonds is 4. The van der Waals surface area contributed by atoms with Crippen molar-refractivity contribution in [2.45, 2.75) is 72.4 Å². The van der Waals surface area contributed by atoms with Gasteiger partial charge in [-0.15, -0.1) is 0 Å². The Balaban J connectivity index is 2.33. The van der Waals surface area contributed by atoms with Gasteiger partial charge in [-0.2, -0.15) is 0 Å². The van der Waals surface area contributed by atoms with Crippen LogP contribution in [-0.4, -0.2) is 24.7 Å². The first-order valence-electron chi connectivity index (χ1n) is 7.27. The molecule has 0 spiro atoms. The van der Waals surface area contributed by atoms with Gasteiger partial charge in [0.25, 0.3) is 0 Å². The Hall–Kier alpha value is -0.570. The lowest BCUT2D eigenvalue weighted by molar-refractivity contribution is -0.145. The highest BCUT2D eigenvalue weighted by molar-refractivity contribution is 5.75. The molecule has 0 aromatic heterocycles. The number of ether oxygens (including phenoxy) is 1. The second-order valence-electron chi connectivity index (χ2n) is 6.55. The Morgan fingerprint density at radius 1 is 1.28 bits per heavy atom. The molecule has 0 radical (unpaired) electrons. The first-order valence-corrected chi connectivity index (χ1v) is 7.27. The summed E-state index contributed by atoms with van der Waals surface area (Å²) in [6, 6.07) is 0.296. The van der Waals surface area contributed by atoms with E-state index in [1.165, 1.54) is 25.7 Å². The number of carbonyl (C=O) groups excluding carboxylic acids is 1. The minimum Gasteiger partial charge on any atom is -0.465 e. The zero-order valence-corrected chi connectivity index (χ0v) is 12.6. The van der Waals surface area contributed by atoms with Gasteiger partial charge in [0.1, 0.15) is 6.04 Å². The first-order chi connectivity index (χ1) is 8.34. The summed E-state index contributed by atoms with van der Waals surface area (Å²) in [5.41, 5.74) is 0.414. The highest BCUT2D eigenvalue weighted by Crippen LogP contribution is 2.37. The molecule has 3 heteroatoms. The summed E-state index contributed by atoms with van der Waals surface area (Å²) in [4.78, 5) is 11.6. The molecule has 1 N–H and O–H groups in total. The third-order valence-corrected chi connectivity index (χ3v) is 4.08. The third-order valence-electron chi connectivity index (χ3n) is 4.08. The van der Waals surface area contributed by atoms with E-state index in [4.69, 9.17) is 4.74 Å². The summed E-state index contributed by atoms with van der Waals surface area (Å²) in [5.74, 6) is 0.684. The molecular weight excluding hydrogens is 226 g/mol. The zero-order valence-electron chi connectivity index (χ0n) is 12.6. The smallest absolute Gasteiger partial charge is 0.322 e. The molecular formula is C15H29NO2. The molecule has 0 amide bonds. The molecule has 1 aliphatic carbocycles. The lowest BCUT2D eigenvalue weighted by Gasteiger charge is -2.37. The van der Waals surface area contributed by atoms with Gasteiger partial charge in [-0.05, 0) is 50.9 Å². The molecule has 0 aliphatic heterocycles. The fourth-order valence-electron chi connectivity index (χ4n) is 2.81. The van der Waals surface area contributed by atoms with Crippen molar-refractivity contribution in [1.82, 2.24) is 5.32 Å². The Labute approximate surface area is 112 Å². The fraction of sp³-hybridized carbons (Fsp3) is 0.933. The van der Waals surface area contributed by atoms with Crippen LogP contribution in [0.4, 0.5) is 0 Å². The fourth-order valence-corrected chi connectivity index (χ4v) is 2.81. The molecule has 106 valence electrons. The van der Waals surface area contributed by atoms with Crippen molar-refractivity contribution in [3.8, 4) is 0 Å². The second kappa shape index (κ2) is 6.55. The highest BCUT2D eigenvalue weighted by Gasteiger charge is 2.30. The van der Waals surface area contributed by atoms with Crippen LogP contribution in [0.15, 0.2) is 0 Å². The molecule has 1 rings (SSSR count). The van der Waals surface area contributed by atoms with Crippen molar-refractivity contribution in [1.29, 1.82) is 0 Å². The molecule has 1 unspecified atom stereocenters. The van der Waals surface area contributed by atoms with Crippen molar-refractivity contribution in [3.05, 3.63) is 0 Å². The number of carbonyl (C=O) groups is 1. The van der Waals surface area contributed by atoms with Crippen LogP contribution in [0.3, 0.4) is 0 Å². The summed E-state index contributed by atoms with van der Waals surface area (Å²) < 4.78 is 5.02. The lowest BCUT2D eigenvalue weighted by Crippen LogP contribution is -2.44. The number of hydrogen-bond donors (Lipinski definition) is 1. The molecule has 0 heterocycles. The van der Waals surface area contributed by atoms with Crippen molar-refractivity contribution in [3.63, 3.8) is 0 Å². The van der Waals surface area contributed by atoms with Gasteiger partial charge in [0.05, 0.1) is 6.61 Å². The Bertz CT molecular complexity index is 262. The van der Waals surface area contributed by atoms with Crippen molar-refractivity contribution < 1.29 is 9.53 Å². The average Bonchev–Trinajstić information content (AvgIpc) is 2.28. The predicted octanol–water partition coefficient (Wildman–Crippen LogP) is 3.13. The van der Waals surface area contributed by atoms with Gasteiger partial charge in [-0.25, -0.2) is 0 Å². The van der Waals surface area contributed by atoms with Crippen molar-refractivity contribution in [2.75, 3.05) is 6.61 Å². The van der Waals surface area contributed by atoms with Crippen LogP contribution in [0.5, 0.6) is 0 Å². The Kier molecular flexibility index (Phi) is 5.64. The molecule has 0 aromatic rings. The topological polar surface area (TPSA) is 38.3 Å². The lowest BCUT2D eigenvalue weighted by atomic mass is 9.71. The Morgan fingerprint density at radius 3 is 2.28 bits per heavy atom. The number of nitrogens with one attached hydrogen (secondary N) is 1. The summed E-state index contributed by atoms with van der Waals surface area (Å²) in [5, 5.41) is 3.40. The largest absolute Gasteiger partial charge is 0.465 e. The van der Waals surface area contributed by atoms with E-state index in [0.717, 1.165) is 5.92 Å². The van der Waals surface area contributed by atoms with E-state index in [0.29, 0.717) is 18.1 Å². The standard InChI is InChI=1S/C15H29NO2/c1-6-18-14(17)11(2)16-13-9-7-12(8-10-13)15(3,4)5/h11-13,16H,6-10H2,1-5H3. The van der Waals surface area contributed by atoms with Gasteiger partial charge in [0, 0.05) is 6.04 Å². The van der Waals surface area contributed by atoms with Gasteiger partial charge in [-0.3, -0.25) is 4.79 Å². The molecule has 18 heavy (non-hydrogen) atoms. The van der Waals surface area contributed by atoms with E-state index in [-0.39, 0.29) is 12.0 Å². The van der Waals surface area contributed by atoms with Crippen LogP contribution in [0.25, 0.3) is 0 Å². The van der Waals surface area contributed by atoms with Crippen molar-refractivity contribution >= 4 is 5.97 Å². The van der Waals surface area contributed by atoms with Gasteiger partial charge < -0.3 is 10.1 Å². The minimum atomic E-state index is -0.180. The van der Waals surface area contributed by atoms with E-state index in [1.807, 2.05) is 13.8 Å². The Morgan fingerprint density at radius 2 is 1.83 bits per heavy atom. The summed E-state index contributed by atoms with van der Waals surface area (Å²) in [6.45, 7) is 11.2. The van der Waals surface area contributed by atoms with Gasteiger partial charge in [0.2, 0.25) is 0 Å². The molecule has 3 nitrogen and oxygen atoms in total. The third kappa shape index (κ3) is 4.60. The zero-order chi connectivity index (χ0) is 13.8. The summed E-state index contributed by atoms with van der Waals surface area (Å²) in [7, 11) is 0. The minimum absolute atomic E-state index is 0.129. The van der Waals surface area contributed by atoms with Gasteiger partial charge in [0.15, 0.2) is 0 Å². The highest BCUT2D eigenvalue weighted by atomic mass is 16.5. The monoisotopic (exact) mass is 255 g/mol. The maximum atomic E-state index is 11.6.